The van der Waals surface area contributed by atoms with Gasteiger partial charge in [-0.25, -0.2) is 4.79 Å². The lowest BCUT2D eigenvalue weighted by Crippen LogP contribution is -2.44. The molecule has 2 heterocycles. The van der Waals surface area contributed by atoms with Gasteiger partial charge >= 0.3 is 5.63 Å². The van der Waals surface area contributed by atoms with Gasteiger partial charge in [-0.2, -0.15) is 0 Å². The number of phenols is 1. The van der Waals surface area contributed by atoms with Crippen LogP contribution in [0.2, 0.25) is 0 Å². The summed E-state index contributed by atoms with van der Waals surface area (Å²) >= 11 is 0. The van der Waals surface area contributed by atoms with Gasteiger partial charge in [0.05, 0.1) is 17.8 Å². The predicted molar refractivity (Wildman–Crippen MR) is 105 cm³/mol. The maximum absolute atomic E-state index is 12.3. The van der Waals surface area contributed by atoms with Crippen molar-refractivity contribution in [3.63, 3.8) is 0 Å². The minimum absolute atomic E-state index is 0.123. The lowest BCUT2D eigenvalue weighted by Gasteiger charge is -2.35. The molecule has 0 amide bonds. The Kier molecular flexibility index (Phi) is 4.72. The number of fused-ring (bicyclic) bond motifs is 1. The third-order valence-corrected chi connectivity index (χ3v) is 4.95. The van der Waals surface area contributed by atoms with E-state index in [1.807, 2.05) is 50.2 Å². The summed E-state index contributed by atoms with van der Waals surface area (Å²) in [6.07, 6.45) is 0.246. The Labute approximate surface area is 157 Å². The van der Waals surface area contributed by atoms with Crippen molar-refractivity contribution in [2.45, 2.75) is 32.6 Å². The normalized spacial score (nSPS) is 20.8. The summed E-state index contributed by atoms with van der Waals surface area (Å²) in [6, 6.07) is 14.7. The molecule has 2 aromatic carbocycles. The first-order valence-corrected chi connectivity index (χ1v) is 9.23. The Balaban J connectivity index is 1.83. The Bertz CT molecular complexity index is 1000. The molecule has 2 unspecified atom stereocenters. The second kappa shape index (κ2) is 7.18. The van der Waals surface area contributed by atoms with Gasteiger partial charge in [0.1, 0.15) is 11.3 Å². The molecule has 5 heteroatoms. The lowest BCUT2D eigenvalue weighted by atomic mass is 9.99. The van der Waals surface area contributed by atoms with E-state index in [1.54, 1.807) is 6.07 Å². The van der Waals surface area contributed by atoms with Gasteiger partial charge < -0.3 is 14.3 Å². The fourth-order valence-corrected chi connectivity index (χ4v) is 3.92. The van der Waals surface area contributed by atoms with Gasteiger partial charge in [0.15, 0.2) is 0 Å². The monoisotopic (exact) mass is 365 g/mol. The second-order valence-electron chi connectivity index (χ2n) is 7.24. The average Bonchev–Trinajstić information content (AvgIpc) is 2.63. The third kappa shape index (κ3) is 3.61. The first-order valence-electron chi connectivity index (χ1n) is 9.23. The van der Waals surface area contributed by atoms with E-state index in [1.165, 1.54) is 6.07 Å². The standard InChI is InChI=1S/C22H23NO4/c1-14-11-23(12-15(2)26-14)13-19-20(24)9-8-17-18(10-21(25)27-22(17)19)16-6-4-3-5-7-16/h3-10,14-15,24H,11-13H2,1-2H3. The van der Waals surface area contributed by atoms with E-state index < -0.39 is 5.63 Å². The molecule has 1 N–H and O–H groups in total. The highest BCUT2D eigenvalue weighted by molar-refractivity contribution is 5.95. The summed E-state index contributed by atoms with van der Waals surface area (Å²) in [5.74, 6) is 0.141. The van der Waals surface area contributed by atoms with Gasteiger partial charge in [-0.3, -0.25) is 4.90 Å². The molecule has 5 nitrogen and oxygen atoms in total. The predicted octanol–water partition coefficient (Wildman–Crippen LogP) is 3.77. The Morgan fingerprint density at radius 1 is 1.07 bits per heavy atom. The van der Waals surface area contributed by atoms with E-state index in [0.29, 0.717) is 17.7 Å². The topological polar surface area (TPSA) is 62.9 Å². The Hall–Kier alpha value is -2.63. The van der Waals surface area contributed by atoms with Gasteiger partial charge in [-0.05, 0) is 37.1 Å². The number of hydrogen-bond donors (Lipinski definition) is 1. The third-order valence-electron chi connectivity index (χ3n) is 4.95. The SMILES string of the molecule is CC1CN(Cc2c(O)ccc3c(-c4ccccc4)cc(=O)oc23)CC(C)O1. The molecular formula is C22H23NO4. The fraction of sp³-hybridized carbons (Fsp3) is 0.318. The van der Waals surface area contributed by atoms with E-state index in [-0.39, 0.29) is 18.0 Å². The molecule has 1 saturated heterocycles. The highest BCUT2D eigenvalue weighted by Gasteiger charge is 2.24. The van der Waals surface area contributed by atoms with Crippen LogP contribution in [0.15, 0.2) is 57.7 Å². The summed E-state index contributed by atoms with van der Waals surface area (Å²) in [5.41, 5.74) is 2.43. The molecular weight excluding hydrogens is 342 g/mol. The maximum Gasteiger partial charge on any atom is 0.336 e. The van der Waals surface area contributed by atoms with Gasteiger partial charge in [0.25, 0.3) is 0 Å². The first kappa shape index (κ1) is 17.8. The van der Waals surface area contributed by atoms with Crippen LogP contribution in [0.3, 0.4) is 0 Å². The van der Waals surface area contributed by atoms with Gasteiger partial charge in [-0.15, -0.1) is 0 Å². The highest BCUT2D eigenvalue weighted by atomic mass is 16.5. The van der Waals surface area contributed by atoms with Crippen molar-refractivity contribution in [3.05, 3.63) is 64.5 Å². The number of phenolic OH excluding ortho intramolecular Hbond substituents is 1. The molecule has 4 rings (SSSR count). The number of benzene rings is 2. The number of nitrogens with zero attached hydrogens (tertiary/aromatic N) is 1. The summed E-state index contributed by atoms with van der Waals surface area (Å²) in [5, 5.41) is 11.3. The highest BCUT2D eigenvalue weighted by Crippen LogP contribution is 2.34. The van der Waals surface area contributed by atoms with E-state index >= 15 is 0 Å². The van der Waals surface area contributed by atoms with Crippen LogP contribution in [0.4, 0.5) is 0 Å². The number of hydrogen-bond acceptors (Lipinski definition) is 5. The zero-order valence-corrected chi connectivity index (χ0v) is 15.5. The molecule has 1 aliphatic heterocycles. The van der Waals surface area contributed by atoms with E-state index in [9.17, 15) is 9.90 Å². The minimum atomic E-state index is -0.420. The van der Waals surface area contributed by atoms with Crippen LogP contribution in [0, 0.1) is 0 Å². The number of morpholine rings is 1. The molecule has 27 heavy (non-hydrogen) atoms. The largest absolute Gasteiger partial charge is 0.507 e. The summed E-state index contributed by atoms with van der Waals surface area (Å²) < 4.78 is 11.3. The fourth-order valence-electron chi connectivity index (χ4n) is 3.92. The van der Waals surface area contributed by atoms with Crippen LogP contribution < -0.4 is 5.63 Å². The molecule has 0 radical (unpaired) electrons. The molecule has 1 fully saturated rings. The van der Waals surface area contributed by atoms with Crippen LogP contribution in [0.5, 0.6) is 5.75 Å². The molecule has 0 bridgehead atoms. The molecule has 140 valence electrons. The molecule has 0 saturated carbocycles. The molecule has 1 aromatic heterocycles. The van der Waals surface area contributed by atoms with Crippen molar-refractivity contribution < 1.29 is 14.3 Å². The molecule has 0 spiro atoms. The number of rotatable bonds is 3. The van der Waals surface area contributed by atoms with Crippen LogP contribution in [-0.2, 0) is 11.3 Å². The van der Waals surface area contributed by atoms with E-state index in [2.05, 4.69) is 4.90 Å². The van der Waals surface area contributed by atoms with Crippen molar-refractivity contribution in [2.24, 2.45) is 0 Å². The maximum atomic E-state index is 12.3. The zero-order chi connectivity index (χ0) is 19.0. The van der Waals surface area contributed by atoms with Crippen molar-refractivity contribution in [2.75, 3.05) is 13.1 Å². The molecule has 2 atom stereocenters. The lowest BCUT2D eigenvalue weighted by molar-refractivity contribution is -0.0705. The summed E-state index contributed by atoms with van der Waals surface area (Å²) in [4.78, 5) is 14.5. The van der Waals surface area contributed by atoms with Crippen molar-refractivity contribution in [1.82, 2.24) is 4.90 Å². The summed E-state index contributed by atoms with van der Waals surface area (Å²) in [7, 11) is 0. The smallest absolute Gasteiger partial charge is 0.336 e. The van der Waals surface area contributed by atoms with E-state index in [0.717, 1.165) is 29.6 Å². The quantitative estimate of drug-likeness (QED) is 0.716. The molecule has 0 aliphatic carbocycles. The van der Waals surface area contributed by atoms with Crippen molar-refractivity contribution >= 4 is 11.0 Å². The van der Waals surface area contributed by atoms with Crippen LogP contribution in [0.25, 0.3) is 22.1 Å². The van der Waals surface area contributed by atoms with Gasteiger partial charge in [0.2, 0.25) is 0 Å². The number of aromatic hydroxyl groups is 1. The van der Waals surface area contributed by atoms with Crippen molar-refractivity contribution in [3.8, 4) is 16.9 Å². The molecule has 3 aromatic rings. The molecule has 1 aliphatic rings. The van der Waals surface area contributed by atoms with Gasteiger partial charge in [0, 0.05) is 31.1 Å². The van der Waals surface area contributed by atoms with Crippen LogP contribution >= 0.6 is 0 Å². The Morgan fingerprint density at radius 2 is 1.78 bits per heavy atom. The Morgan fingerprint density at radius 3 is 2.48 bits per heavy atom. The van der Waals surface area contributed by atoms with Crippen LogP contribution in [-0.4, -0.2) is 35.3 Å². The second-order valence-corrected chi connectivity index (χ2v) is 7.24. The van der Waals surface area contributed by atoms with Gasteiger partial charge in [-0.1, -0.05) is 30.3 Å². The average molecular weight is 365 g/mol. The minimum Gasteiger partial charge on any atom is -0.507 e. The first-order chi connectivity index (χ1) is 13.0. The summed E-state index contributed by atoms with van der Waals surface area (Å²) in [6.45, 7) is 6.12. The number of ether oxygens (including phenoxy) is 1. The van der Waals surface area contributed by atoms with Crippen molar-refractivity contribution in [1.29, 1.82) is 0 Å². The van der Waals surface area contributed by atoms with Crippen LogP contribution in [0.1, 0.15) is 19.4 Å². The zero-order valence-electron chi connectivity index (χ0n) is 15.5. The van der Waals surface area contributed by atoms with E-state index in [4.69, 9.17) is 9.15 Å².